The molecule has 1 atom stereocenters. The van der Waals surface area contributed by atoms with Crippen molar-refractivity contribution in [2.45, 2.75) is 32.7 Å². The van der Waals surface area contributed by atoms with E-state index in [1.54, 1.807) is 13.8 Å². The fraction of sp³-hybridized carbons (Fsp3) is 0.280. The molecule has 3 rings (SSSR count). The van der Waals surface area contributed by atoms with Crippen LogP contribution < -0.4 is 16.4 Å². The lowest BCUT2D eigenvalue weighted by atomic mass is 10.0. The molecule has 0 spiro atoms. The number of anilines is 1. The summed E-state index contributed by atoms with van der Waals surface area (Å²) in [6.45, 7) is 3.55. The van der Waals surface area contributed by atoms with Crippen LogP contribution in [0.5, 0.6) is 0 Å². The number of amides is 2. The topological polar surface area (TPSA) is 126 Å². The summed E-state index contributed by atoms with van der Waals surface area (Å²) < 4.78 is 42.4. The van der Waals surface area contributed by atoms with Gasteiger partial charge in [-0.05, 0) is 55.2 Å². The molecule has 8 nitrogen and oxygen atoms in total. The first kappa shape index (κ1) is 26.3. The molecule has 3 aromatic rings. The first-order valence-corrected chi connectivity index (χ1v) is 11.2. The smallest absolute Gasteiger partial charge is 0.257 e. The number of nitrogens with zero attached hydrogens (tertiary/aromatic N) is 3. The normalized spacial score (nSPS) is 11.7. The summed E-state index contributed by atoms with van der Waals surface area (Å²) in [5.74, 6) is -4.26. The lowest BCUT2D eigenvalue weighted by Crippen LogP contribution is -2.50. The molecule has 11 heteroatoms. The summed E-state index contributed by atoms with van der Waals surface area (Å²) in [4.78, 5) is 25.1. The van der Waals surface area contributed by atoms with E-state index in [0.29, 0.717) is 24.2 Å². The van der Waals surface area contributed by atoms with Gasteiger partial charge in [-0.15, -0.1) is 0 Å². The van der Waals surface area contributed by atoms with Crippen LogP contribution in [0.3, 0.4) is 0 Å². The van der Waals surface area contributed by atoms with Crippen molar-refractivity contribution in [1.29, 1.82) is 5.26 Å². The molecule has 0 saturated heterocycles. The van der Waals surface area contributed by atoms with Gasteiger partial charge in [0.2, 0.25) is 5.91 Å². The minimum atomic E-state index is -1.03. The quantitative estimate of drug-likeness (QED) is 0.391. The summed E-state index contributed by atoms with van der Waals surface area (Å²) in [5.41, 5.74) is 6.38. The van der Waals surface area contributed by atoms with Crippen molar-refractivity contribution in [3.63, 3.8) is 0 Å². The highest BCUT2D eigenvalue weighted by molar-refractivity contribution is 5.98. The lowest BCUT2D eigenvalue weighted by Gasteiger charge is -2.22. The van der Waals surface area contributed by atoms with Crippen molar-refractivity contribution in [2.24, 2.45) is 5.92 Å². The number of aromatic nitrogens is 2. The third kappa shape index (κ3) is 5.83. The molecule has 4 N–H and O–H groups in total. The zero-order chi connectivity index (χ0) is 26.4. The third-order valence-corrected chi connectivity index (χ3v) is 5.49. The van der Waals surface area contributed by atoms with Crippen molar-refractivity contribution in [2.75, 3.05) is 12.3 Å². The summed E-state index contributed by atoms with van der Waals surface area (Å²) >= 11 is 0. The van der Waals surface area contributed by atoms with Crippen molar-refractivity contribution in [3.8, 4) is 11.8 Å². The number of aryl methyl sites for hydroxylation is 1. The van der Waals surface area contributed by atoms with E-state index in [2.05, 4.69) is 15.7 Å². The summed E-state index contributed by atoms with van der Waals surface area (Å²) in [7, 11) is 0. The number of hydrogen-bond donors (Lipinski definition) is 3. The Kier molecular flexibility index (Phi) is 8.32. The zero-order valence-electron chi connectivity index (χ0n) is 19.7. The molecule has 0 unspecified atom stereocenters. The zero-order valence-corrected chi connectivity index (χ0v) is 19.7. The Bertz CT molecular complexity index is 1280. The summed E-state index contributed by atoms with van der Waals surface area (Å²) in [6.07, 6.45) is 0.696. The molecule has 2 aromatic carbocycles. The van der Waals surface area contributed by atoms with Gasteiger partial charge in [0.1, 0.15) is 46.5 Å². The number of nitriles is 1. The molecule has 0 radical (unpaired) electrons. The first-order chi connectivity index (χ1) is 17.1. The molecule has 36 heavy (non-hydrogen) atoms. The van der Waals surface area contributed by atoms with Crippen molar-refractivity contribution in [3.05, 3.63) is 76.7 Å². The van der Waals surface area contributed by atoms with Crippen molar-refractivity contribution < 1.29 is 22.8 Å². The predicted octanol–water partition coefficient (Wildman–Crippen LogP) is 3.25. The van der Waals surface area contributed by atoms with Gasteiger partial charge >= 0.3 is 0 Å². The Morgan fingerprint density at radius 2 is 1.75 bits per heavy atom. The van der Waals surface area contributed by atoms with Gasteiger partial charge in [0, 0.05) is 6.54 Å². The maximum Gasteiger partial charge on any atom is 0.257 e. The first-order valence-electron chi connectivity index (χ1n) is 11.2. The second-order valence-corrected chi connectivity index (χ2v) is 8.39. The number of nitrogens with two attached hydrogens (primary N) is 1. The van der Waals surface area contributed by atoms with Gasteiger partial charge < -0.3 is 16.4 Å². The van der Waals surface area contributed by atoms with E-state index >= 15 is 0 Å². The largest absolute Gasteiger partial charge is 0.382 e. The van der Waals surface area contributed by atoms with Crippen LogP contribution in [0.25, 0.3) is 5.69 Å². The van der Waals surface area contributed by atoms with Gasteiger partial charge in [-0.2, -0.15) is 10.4 Å². The van der Waals surface area contributed by atoms with Gasteiger partial charge in [0.25, 0.3) is 5.91 Å². The highest BCUT2D eigenvalue weighted by Gasteiger charge is 2.27. The molecule has 188 valence electrons. The Labute approximate surface area is 205 Å². The fourth-order valence-corrected chi connectivity index (χ4v) is 3.59. The maximum absolute atomic E-state index is 13.9. The van der Waals surface area contributed by atoms with Gasteiger partial charge in [-0.3, -0.25) is 9.59 Å². The number of carbonyl (C=O) groups excluding carboxylic acids is 2. The van der Waals surface area contributed by atoms with Crippen LogP contribution >= 0.6 is 0 Å². The second kappa shape index (κ2) is 11.4. The number of halogens is 3. The van der Waals surface area contributed by atoms with Gasteiger partial charge in [0.05, 0.1) is 11.4 Å². The minimum Gasteiger partial charge on any atom is -0.382 e. The SMILES string of the molecule is CC(C)[C@H](NC(=O)c1c(F)cccc1F)C(=O)NCCCc1nn(-c2ccc(F)cc2)c(N)c1C#N. The number of nitrogens with one attached hydrogen (secondary N) is 2. The van der Waals surface area contributed by atoms with Crippen LogP contribution in [0.15, 0.2) is 42.5 Å². The van der Waals surface area contributed by atoms with Crippen LogP contribution in [-0.4, -0.2) is 34.2 Å². The van der Waals surface area contributed by atoms with Gasteiger partial charge in [0.15, 0.2) is 0 Å². The molecule has 0 aliphatic carbocycles. The van der Waals surface area contributed by atoms with E-state index in [1.165, 1.54) is 28.9 Å². The Morgan fingerprint density at radius 3 is 2.33 bits per heavy atom. The van der Waals surface area contributed by atoms with Gasteiger partial charge in [-0.25, -0.2) is 17.9 Å². The third-order valence-electron chi connectivity index (χ3n) is 5.49. The molecule has 0 bridgehead atoms. The van der Waals surface area contributed by atoms with Crippen molar-refractivity contribution in [1.82, 2.24) is 20.4 Å². The summed E-state index contributed by atoms with van der Waals surface area (Å²) in [5, 5.41) is 18.9. The average Bonchev–Trinajstić information content (AvgIpc) is 3.15. The second-order valence-electron chi connectivity index (χ2n) is 8.39. The average molecular weight is 499 g/mol. The highest BCUT2D eigenvalue weighted by atomic mass is 19.1. The van der Waals surface area contributed by atoms with E-state index in [-0.39, 0.29) is 23.8 Å². The monoisotopic (exact) mass is 498 g/mol. The van der Waals surface area contributed by atoms with Crippen LogP contribution in [0.1, 0.15) is 41.9 Å². The molecule has 0 aliphatic rings. The number of hydrogen-bond acceptors (Lipinski definition) is 5. The van der Waals surface area contributed by atoms with E-state index in [0.717, 1.165) is 18.2 Å². The molecule has 1 heterocycles. The minimum absolute atomic E-state index is 0.117. The van der Waals surface area contributed by atoms with E-state index in [1.807, 2.05) is 6.07 Å². The van der Waals surface area contributed by atoms with Crippen LogP contribution in [0.2, 0.25) is 0 Å². The molecular formula is C25H25F3N6O2. The Morgan fingerprint density at radius 1 is 1.11 bits per heavy atom. The van der Waals surface area contributed by atoms with Crippen molar-refractivity contribution >= 4 is 17.6 Å². The number of rotatable bonds is 9. The molecule has 1 aromatic heterocycles. The molecule has 0 fully saturated rings. The Hall–Kier alpha value is -4.33. The van der Waals surface area contributed by atoms with E-state index in [9.17, 15) is 28.0 Å². The molecule has 2 amide bonds. The number of benzene rings is 2. The fourth-order valence-electron chi connectivity index (χ4n) is 3.59. The van der Waals surface area contributed by atoms with Gasteiger partial charge in [-0.1, -0.05) is 19.9 Å². The number of nitrogen functional groups attached to an aromatic ring is 1. The molecule has 0 saturated carbocycles. The molecular weight excluding hydrogens is 473 g/mol. The van der Waals surface area contributed by atoms with E-state index < -0.39 is 40.9 Å². The highest BCUT2D eigenvalue weighted by Crippen LogP contribution is 2.22. The Balaban J connectivity index is 1.62. The van der Waals surface area contributed by atoms with Crippen LogP contribution in [0.4, 0.5) is 19.0 Å². The van der Waals surface area contributed by atoms with Crippen LogP contribution in [-0.2, 0) is 11.2 Å². The number of carbonyl (C=O) groups is 2. The van der Waals surface area contributed by atoms with E-state index in [4.69, 9.17) is 5.73 Å². The maximum atomic E-state index is 13.9. The van der Waals surface area contributed by atoms with Crippen LogP contribution in [0, 0.1) is 34.7 Å². The predicted molar refractivity (Wildman–Crippen MR) is 126 cm³/mol. The standard InChI is InChI=1S/C25H25F3N6O2/c1-14(2)22(32-24(35)21-18(27)5-3-6-19(21)28)25(36)31-12-4-7-20-17(13-29)23(30)34(33-20)16-10-8-15(26)9-11-16/h3,5-6,8-11,14,22H,4,7,12,30H2,1-2H3,(H,31,36)(H,32,35)/t22-/m0/s1. The molecule has 0 aliphatic heterocycles. The summed E-state index contributed by atoms with van der Waals surface area (Å²) in [6, 6.07) is 9.52. The lowest BCUT2D eigenvalue weighted by molar-refractivity contribution is -0.123.